The molecule has 6 nitrogen and oxygen atoms in total. The molecule has 174 valence electrons. The minimum absolute atomic E-state index is 0.0757. The SMILES string of the molecule is CCCOc1ccc(F)c2c1N(CCS(=O)(=O)CCCO)CC(c1ccc(OC)cc1)=C2. The Morgan fingerprint density at radius 2 is 1.88 bits per heavy atom. The van der Waals surface area contributed by atoms with Crippen molar-refractivity contribution in [2.24, 2.45) is 0 Å². The Labute approximate surface area is 189 Å². The Bertz CT molecular complexity index is 1050. The van der Waals surface area contributed by atoms with Crippen LogP contribution in [0.25, 0.3) is 11.6 Å². The lowest BCUT2D eigenvalue weighted by Crippen LogP contribution is -2.34. The van der Waals surface area contributed by atoms with E-state index < -0.39 is 9.84 Å². The maximum Gasteiger partial charge on any atom is 0.152 e. The Balaban J connectivity index is 1.99. The quantitative estimate of drug-likeness (QED) is 0.547. The molecule has 0 bridgehead atoms. The molecule has 0 aromatic heterocycles. The highest BCUT2D eigenvalue weighted by Gasteiger charge is 2.26. The summed E-state index contributed by atoms with van der Waals surface area (Å²) in [7, 11) is -1.75. The van der Waals surface area contributed by atoms with E-state index in [1.807, 2.05) is 42.2 Å². The Morgan fingerprint density at radius 3 is 2.53 bits per heavy atom. The summed E-state index contributed by atoms with van der Waals surface area (Å²) >= 11 is 0. The molecule has 0 atom stereocenters. The molecule has 0 radical (unpaired) electrons. The molecule has 2 aromatic carbocycles. The zero-order valence-electron chi connectivity index (χ0n) is 18.5. The maximum absolute atomic E-state index is 14.9. The van der Waals surface area contributed by atoms with Crippen LogP contribution in [0.5, 0.6) is 11.5 Å². The zero-order chi connectivity index (χ0) is 23.1. The van der Waals surface area contributed by atoms with Crippen LogP contribution in [0.2, 0.25) is 0 Å². The van der Waals surface area contributed by atoms with Crippen LogP contribution in [0.3, 0.4) is 0 Å². The van der Waals surface area contributed by atoms with Crippen molar-refractivity contribution in [3.05, 3.63) is 53.3 Å². The molecule has 8 heteroatoms. The fraction of sp³-hybridized carbons (Fsp3) is 0.417. The smallest absolute Gasteiger partial charge is 0.152 e. The number of rotatable bonds is 11. The normalized spacial score (nSPS) is 13.5. The second-order valence-electron chi connectivity index (χ2n) is 7.70. The van der Waals surface area contributed by atoms with Crippen LogP contribution in [-0.4, -0.2) is 58.4 Å². The molecule has 1 aliphatic heterocycles. The topological polar surface area (TPSA) is 76.1 Å². The average molecular weight is 464 g/mol. The van der Waals surface area contributed by atoms with Crippen LogP contribution >= 0.6 is 0 Å². The summed E-state index contributed by atoms with van der Waals surface area (Å²) in [6.07, 6.45) is 2.81. The number of anilines is 1. The van der Waals surface area contributed by atoms with Crippen LogP contribution < -0.4 is 14.4 Å². The van der Waals surface area contributed by atoms with Crippen molar-refractivity contribution < 1.29 is 27.4 Å². The molecule has 3 rings (SSSR count). The number of aliphatic hydroxyl groups excluding tert-OH is 1. The van der Waals surface area contributed by atoms with Gasteiger partial charge in [0.05, 0.1) is 30.9 Å². The molecule has 0 spiro atoms. The molecule has 1 N–H and O–H groups in total. The summed E-state index contributed by atoms with van der Waals surface area (Å²) in [5.74, 6) is 0.710. The number of nitrogens with zero attached hydrogens (tertiary/aromatic N) is 1. The van der Waals surface area contributed by atoms with Gasteiger partial charge in [-0.3, -0.25) is 0 Å². The number of halogens is 1. The molecular formula is C24H30FNO5S. The standard InChI is InChI=1S/C24H30FNO5S/c1-3-13-31-23-10-9-22(25)21-16-19(18-5-7-20(30-2)8-6-18)17-26(24(21)23)11-15-32(28,29)14-4-12-27/h5-10,16,27H,3-4,11-15,17H2,1-2H3. The van der Waals surface area contributed by atoms with E-state index in [0.29, 0.717) is 30.2 Å². The van der Waals surface area contributed by atoms with Crippen LogP contribution in [0.15, 0.2) is 36.4 Å². The van der Waals surface area contributed by atoms with E-state index in [-0.39, 0.29) is 36.9 Å². The lowest BCUT2D eigenvalue weighted by atomic mass is 9.96. The van der Waals surface area contributed by atoms with Crippen molar-refractivity contribution in [3.8, 4) is 11.5 Å². The highest BCUT2D eigenvalue weighted by Crippen LogP contribution is 2.41. The Hall–Kier alpha value is -2.58. The predicted octanol–water partition coefficient (Wildman–Crippen LogP) is 3.78. The fourth-order valence-electron chi connectivity index (χ4n) is 3.67. The molecule has 0 unspecified atom stereocenters. The second-order valence-corrected chi connectivity index (χ2v) is 10.0. The summed E-state index contributed by atoms with van der Waals surface area (Å²) in [4.78, 5) is 1.87. The van der Waals surface area contributed by atoms with E-state index in [4.69, 9.17) is 14.6 Å². The van der Waals surface area contributed by atoms with Gasteiger partial charge in [-0.05, 0) is 54.3 Å². The van der Waals surface area contributed by atoms with Gasteiger partial charge in [-0.1, -0.05) is 19.1 Å². The third kappa shape index (κ3) is 5.81. The van der Waals surface area contributed by atoms with Gasteiger partial charge < -0.3 is 19.5 Å². The summed E-state index contributed by atoms with van der Waals surface area (Å²) in [5, 5.41) is 8.97. The van der Waals surface area contributed by atoms with Crippen molar-refractivity contribution in [1.29, 1.82) is 0 Å². The monoisotopic (exact) mass is 463 g/mol. The lowest BCUT2D eigenvalue weighted by Gasteiger charge is -2.33. The predicted molar refractivity (Wildman–Crippen MR) is 126 cm³/mol. The van der Waals surface area contributed by atoms with Gasteiger partial charge in [-0.25, -0.2) is 12.8 Å². The third-order valence-corrected chi connectivity index (χ3v) is 7.05. The van der Waals surface area contributed by atoms with Crippen molar-refractivity contribution in [2.45, 2.75) is 19.8 Å². The number of ether oxygens (including phenoxy) is 2. The lowest BCUT2D eigenvalue weighted by molar-refractivity contribution is 0.295. The maximum atomic E-state index is 14.9. The summed E-state index contributed by atoms with van der Waals surface area (Å²) in [6, 6.07) is 10.5. The van der Waals surface area contributed by atoms with Crippen molar-refractivity contribution in [1.82, 2.24) is 0 Å². The highest BCUT2D eigenvalue weighted by molar-refractivity contribution is 7.91. The van der Waals surface area contributed by atoms with Gasteiger partial charge in [-0.2, -0.15) is 0 Å². The van der Waals surface area contributed by atoms with Gasteiger partial charge in [0.2, 0.25) is 0 Å². The first-order valence-corrected chi connectivity index (χ1v) is 12.6. The largest absolute Gasteiger partial charge is 0.497 e. The molecule has 1 aliphatic rings. The van der Waals surface area contributed by atoms with Crippen LogP contribution in [0.4, 0.5) is 10.1 Å². The van der Waals surface area contributed by atoms with E-state index in [2.05, 4.69) is 0 Å². The molecule has 0 saturated carbocycles. The molecule has 32 heavy (non-hydrogen) atoms. The Morgan fingerprint density at radius 1 is 1.12 bits per heavy atom. The highest BCUT2D eigenvalue weighted by atomic mass is 32.2. The molecule has 0 fully saturated rings. The van der Waals surface area contributed by atoms with Gasteiger partial charge in [-0.15, -0.1) is 0 Å². The van der Waals surface area contributed by atoms with E-state index >= 15 is 0 Å². The number of fused-ring (bicyclic) bond motifs is 1. The molecule has 1 heterocycles. The fourth-order valence-corrected chi connectivity index (χ4v) is 4.94. The summed E-state index contributed by atoms with van der Waals surface area (Å²) in [6.45, 7) is 2.91. The van der Waals surface area contributed by atoms with E-state index in [1.165, 1.54) is 6.07 Å². The van der Waals surface area contributed by atoms with Crippen LogP contribution in [0.1, 0.15) is 30.9 Å². The van der Waals surface area contributed by atoms with Crippen molar-refractivity contribution in [2.75, 3.05) is 49.8 Å². The number of sulfone groups is 1. The number of benzene rings is 2. The molecule has 2 aromatic rings. The number of methoxy groups -OCH3 is 1. The first-order chi connectivity index (χ1) is 15.4. The van der Waals surface area contributed by atoms with Gasteiger partial charge in [0, 0.05) is 25.3 Å². The first-order valence-electron chi connectivity index (χ1n) is 10.7. The second kappa shape index (κ2) is 10.8. The van der Waals surface area contributed by atoms with Crippen LogP contribution in [0, 0.1) is 5.82 Å². The van der Waals surface area contributed by atoms with E-state index in [1.54, 1.807) is 13.2 Å². The average Bonchev–Trinajstić information content (AvgIpc) is 2.81. The van der Waals surface area contributed by atoms with Gasteiger partial charge in [0.1, 0.15) is 17.3 Å². The summed E-state index contributed by atoms with van der Waals surface area (Å²) in [5.41, 5.74) is 2.75. The third-order valence-electron chi connectivity index (χ3n) is 5.33. The van der Waals surface area contributed by atoms with Crippen molar-refractivity contribution >= 4 is 27.2 Å². The Kier molecular flexibility index (Phi) is 8.15. The molecule has 0 aliphatic carbocycles. The molecule has 0 saturated heterocycles. The summed E-state index contributed by atoms with van der Waals surface area (Å²) < 4.78 is 50.8. The number of aliphatic hydroxyl groups is 1. The van der Waals surface area contributed by atoms with Crippen molar-refractivity contribution in [3.63, 3.8) is 0 Å². The number of hydrogen-bond acceptors (Lipinski definition) is 6. The van der Waals surface area contributed by atoms with E-state index in [0.717, 1.165) is 23.3 Å². The minimum atomic E-state index is -3.35. The molecule has 0 amide bonds. The van der Waals surface area contributed by atoms with Crippen LogP contribution in [-0.2, 0) is 9.84 Å². The van der Waals surface area contributed by atoms with E-state index in [9.17, 15) is 12.8 Å². The zero-order valence-corrected chi connectivity index (χ0v) is 19.3. The molecular weight excluding hydrogens is 433 g/mol. The minimum Gasteiger partial charge on any atom is -0.497 e. The first kappa shape index (κ1) is 24.1. The van der Waals surface area contributed by atoms with Gasteiger partial charge in [0.15, 0.2) is 9.84 Å². The van der Waals surface area contributed by atoms with Gasteiger partial charge >= 0.3 is 0 Å². The number of hydrogen-bond donors (Lipinski definition) is 1. The van der Waals surface area contributed by atoms with Gasteiger partial charge in [0.25, 0.3) is 0 Å².